The molecule has 1 aliphatic rings. The second-order valence-electron chi connectivity index (χ2n) is 4.55. The van der Waals surface area contributed by atoms with Crippen molar-refractivity contribution in [1.82, 2.24) is 19.9 Å². The van der Waals surface area contributed by atoms with Crippen LogP contribution in [0.4, 0.5) is 5.82 Å². The normalized spacial score (nSPS) is 19.2. The fraction of sp³-hybridized carbons (Fsp3) is 0.385. The molecule has 5 heteroatoms. The molecule has 5 nitrogen and oxygen atoms in total. The van der Waals surface area contributed by atoms with E-state index in [4.69, 9.17) is 0 Å². The van der Waals surface area contributed by atoms with Crippen molar-refractivity contribution in [3.8, 4) is 0 Å². The number of hydrogen-bond acceptors (Lipinski definition) is 5. The summed E-state index contributed by atoms with van der Waals surface area (Å²) in [5.41, 5.74) is 1.03. The van der Waals surface area contributed by atoms with E-state index in [0.717, 1.165) is 36.8 Å². The molecule has 1 saturated heterocycles. The van der Waals surface area contributed by atoms with Gasteiger partial charge < -0.3 is 4.90 Å². The number of anilines is 1. The first-order valence-electron chi connectivity index (χ1n) is 6.13. The van der Waals surface area contributed by atoms with Gasteiger partial charge in [-0.05, 0) is 19.4 Å². The molecule has 3 rings (SSSR count). The zero-order valence-electron chi connectivity index (χ0n) is 10.3. The Kier molecular flexibility index (Phi) is 2.88. The minimum Gasteiger partial charge on any atom is -0.355 e. The minimum atomic E-state index is 0.395. The monoisotopic (exact) mass is 241 g/mol. The van der Waals surface area contributed by atoms with Gasteiger partial charge in [-0.3, -0.25) is 4.98 Å². The molecule has 1 unspecified atom stereocenters. The van der Waals surface area contributed by atoms with Gasteiger partial charge in [0.1, 0.15) is 11.6 Å². The molecule has 0 spiro atoms. The lowest BCUT2D eigenvalue weighted by Gasteiger charge is -2.16. The lowest BCUT2D eigenvalue weighted by Crippen LogP contribution is -2.20. The summed E-state index contributed by atoms with van der Waals surface area (Å²) in [6.45, 7) is 3.91. The van der Waals surface area contributed by atoms with Crippen LogP contribution in [0.1, 0.15) is 23.9 Å². The maximum atomic E-state index is 4.51. The topological polar surface area (TPSA) is 54.8 Å². The maximum Gasteiger partial charge on any atom is 0.147 e. The Hall–Kier alpha value is -2.04. The van der Waals surface area contributed by atoms with E-state index in [1.165, 1.54) is 0 Å². The van der Waals surface area contributed by atoms with E-state index in [0.29, 0.717) is 5.92 Å². The Balaban J connectivity index is 1.76. The fourth-order valence-electron chi connectivity index (χ4n) is 2.30. The van der Waals surface area contributed by atoms with Crippen LogP contribution in [0.3, 0.4) is 0 Å². The number of rotatable bonds is 2. The third-order valence-electron chi connectivity index (χ3n) is 3.24. The summed E-state index contributed by atoms with van der Waals surface area (Å²) in [6.07, 6.45) is 8.13. The lowest BCUT2D eigenvalue weighted by atomic mass is 10.1. The zero-order valence-corrected chi connectivity index (χ0v) is 10.3. The second-order valence-corrected chi connectivity index (χ2v) is 4.55. The molecule has 0 N–H and O–H groups in total. The summed E-state index contributed by atoms with van der Waals surface area (Å²) >= 11 is 0. The van der Waals surface area contributed by atoms with Crippen molar-refractivity contribution in [3.63, 3.8) is 0 Å². The van der Waals surface area contributed by atoms with E-state index in [1.807, 2.05) is 19.2 Å². The molecule has 1 aliphatic heterocycles. The summed E-state index contributed by atoms with van der Waals surface area (Å²) in [5, 5.41) is 0. The molecule has 0 radical (unpaired) electrons. The van der Waals surface area contributed by atoms with E-state index in [2.05, 4.69) is 24.8 Å². The number of aromatic nitrogens is 4. The van der Waals surface area contributed by atoms with Gasteiger partial charge in [0.05, 0.1) is 6.20 Å². The highest BCUT2D eigenvalue weighted by Crippen LogP contribution is 2.27. The standard InChI is InChI=1S/C13H15N5/c1-10-2-4-16-13(17-10)11-3-7-18(9-11)12-8-14-5-6-15-12/h2,4-6,8,11H,3,7,9H2,1H3. The highest BCUT2D eigenvalue weighted by Gasteiger charge is 2.26. The Morgan fingerprint density at radius 2 is 2.17 bits per heavy atom. The molecule has 1 atom stereocenters. The van der Waals surface area contributed by atoms with Crippen molar-refractivity contribution < 1.29 is 0 Å². The predicted octanol–water partition coefficient (Wildman–Crippen LogP) is 1.57. The molecule has 3 heterocycles. The summed E-state index contributed by atoms with van der Waals surface area (Å²) in [7, 11) is 0. The van der Waals surface area contributed by atoms with Crippen molar-refractivity contribution in [2.45, 2.75) is 19.3 Å². The molecule has 0 saturated carbocycles. The lowest BCUT2D eigenvalue weighted by molar-refractivity contribution is 0.703. The number of aryl methyl sites for hydroxylation is 1. The molecule has 18 heavy (non-hydrogen) atoms. The van der Waals surface area contributed by atoms with Gasteiger partial charge >= 0.3 is 0 Å². The first-order valence-corrected chi connectivity index (χ1v) is 6.13. The van der Waals surface area contributed by atoms with E-state index in [9.17, 15) is 0 Å². The summed E-state index contributed by atoms with van der Waals surface area (Å²) in [5.74, 6) is 2.28. The SMILES string of the molecule is Cc1ccnc(C2CCN(c3cnccn3)C2)n1. The minimum absolute atomic E-state index is 0.395. The molecule has 0 amide bonds. The van der Waals surface area contributed by atoms with E-state index in [-0.39, 0.29) is 0 Å². The van der Waals surface area contributed by atoms with Gasteiger partial charge in [0.2, 0.25) is 0 Å². The van der Waals surface area contributed by atoms with E-state index >= 15 is 0 Å². The third-order valence-corrected chi connectivity index (χ3v) is 3.24. The summed E-state index contributed by atoms with van der Waals surface area (Å²) in [6, 6.07) is 1.93. The summed E-state index contributed by atoms with van der Waals surface area (Å²) < 4.78 is 0. The van der Waals surface area contributed by atoms with Crippen LogP contribution in [0.25, 0.3) is 0 Å². The van der Waals surface area contributed by atoms with Gasteiger partial charge in [-0.25, -0.2) is 15.0 Å². The first kappa shape index (κ1) is 11.1. The molecular formula is C13H15N5. The van der Waals surface area contributed by atoms with Crippen molar-refractivity contribution in [2.24, 2.45) is 0 Å². The highest BCUT2D eigenvalue weighted by atomic mass is 15.2. The second kappa shape index (κ2) is 4.68. The number of hydrogen-bond donors (Lipinski definition) is 0. The van der Waals surface area contributed by atoms with Crippen LogP contribution in [-0.4, -0.2) is 33.0 Å². The average molecular weight is 241 g/mol. The van der Waals surface area contributed by atoms with E-state index < -0.39 is 0 Å². The first-order chi connectivity index (χ1) is 8.83. The van der Waals surface area contributed by atoms with Gasteiger partial charge in [-0.2, -0.15) is 0 Å². The largest absolute Gasteiger partial charge is 0.355 e. The molecule has 0 aromatic carbocycles. The highest BCUT2D eigenvalue weighted by molar-refractivity contribution is 5.37. The molecule has 0 bridgehead atoms. The van der Waals surface area contributed by atoms with Crippen molar-refractivity contribution in [2.75, 3.05) is 18.0 Å². The van der Waals surface area contributed by atoms with Crippen LogP contribution in [0, 0.1) is 6.92 Å². The number of nitrogens with zero attached hydrogens (tertiary/aromatic N) is 5. The van der Waals surface area contributed by atoms with Crippen LogP contribution in [0.2, 0.25) is 0 Å². The fourth-order valence-corrected chi connectivity index (χ4v) is 2.30. The summed E-state index contributed by atoms with van der Waals surface area (Å²) in [4.78, 5) is 19.6. The van der Waals surface area contributed by atoms with Gasteiger partial charge in [0.25, 0.3) is 0 Å². The van der Waals surface area contributed by atoms with Crippen molar-refractivity contribution >= 4 is 5.82 Å². The average Bonchev–Trinajstić information content (AvgIpc) is 2.89. The van der Waals surface area contributed by atoms with Crippen LogP contribution >= 0.6 is 0 Å². The maximum absolute atomic E-state index is 4.51. The van der Waals surface area contributed by atoms with Crippen molar-refractivity contribution in [3.05, 3.63) is 42.4 Å². The van der Waals surface area contributed by atoms with Gasteiger partial charge in [-0.1, -0.05) is 0 Å². The molecule has 92 valence electrons. The molecule has 2 aromatic rings. The Morgan fingerprint density at radius 3 is 2.94 bits per heavy atom. The zero-order chi connectivity index (χ0) is 12.4. The van der Waals surface area contributed by atoms with Crippen LogP contribution < -0.4 is 4.90 Å². The molecule has 1 fully saturated rings. The van der Waals surface area contributed by atoms with E-state index in [1.54, 1.807) is 18.6 Å². The Labute approximate surface area is 106 Å². The molecule has 0 aliphatic carbocycles. The quantitative estimate of drug-likeness (QED) is 0.798. The predicted molar refractivity (Wildman–Crippen MR) is 68.4 cm³/mol. The molecular weight excluding hydrogens is 226 g/mol. The Morgan fingerprint density at radius 1 is 1.22 bits per heavy atom. The van der Waals surface area contributed by atoms with Crippen molar-refractivity contribution in [1.29, 1.82) is 0 Å². The van der Waals surface area contributed by atoms with Crippen LogP contribution in [0.15, 0.2) is 30.9 Å². The smallest absolute Gasteiger partial charge is 0.147 e. The van der Waals surface area contributed by atoms with Crippen LogP contribution in [-0.2, 0) is 0 Å². The third kappa shape index (κ3) is 2.16. The molecule has 2 aromatic heterocycles. The van der Waals surface area contributed by atoms with Gasteiger partial charge in [0, 0.05) is 43.3 Å². The van der Waals surface area contributed by atoms with Gasteiger partial charge in [0.15, 0.2) is 0 Å². The van der Waals surface area contributed by atoms with Gasteiger partial charge in [-0.15, -0.1) is 0 Å². The van der Waals surface area contributed by atoms with Crippen LogP contribution in [0.5, 0.6) is 0 Å². The Bertz CT molecular complexity index is 528.